The minimum Gasteiger partial charge on any atom is -0.429 e. The summed E-state index contributed by atoms with van der Waals surface area (Å²) in [7, 11) is 0. The molecule has 0 spiro atoms. The van der Waals surface area contributed by atoms with Crippen molar-refractivity contribution >= 4 is 21.4 Å². The van der Waals surface area contributed by atoms with Crippen LogP contribution in [0.4, 0.5) is 35.1 Å². The number of fused-ring (bicyclic) bond motifs is 1. The van der Waals surface area contributed by atoms with Gasteiger partial charge in [-0.25, -0.2) is 26.3 Å². The van der Waals surface area contributed by atoms with E-state index in [2.05, 4.69) is 23.8 Å². The third-order valence-electron chi connectivity index (χ3n) is 6.75. The Hall–Kier alpha value is -3.92. The van der Waals surface area contributed by atoms with Gasteiger partial charge in [-0.1, -0.05) is 44.0 Å². The van der Waals surface area contributed by atoms with Crippen LogP contribution in [0.5, 0.6) is 5.75 Å². The molecule has 0 unspecified atom stereocenters. The number of alkyl halides is 2. The van der Waals surface area contributed by atoms with Crippen molar-refractivity contribution in [3.8, 4) is 27.3 Å². The summed E-state index contributed by atoms with van der Waals surface area (Å²) in [6.07, 6.45) is -0.422. The summed E-state index contributed by atoms with van der Waals surface area (Å²) in [5, 5.41) is 0.993. The second kappa shape index (κ2) is 11.8. The predicted octanol–water partition coefficient (Wildman–Crippen LogP) is 10.9. The zero-order valence-electron chi connectivity index (χ0n) is 22.0. The van der Waals surface area contributed by atoms with E-state index in [-0.39, 0.29) is 23.3 Å². The van der Waals surface area contributed by atoms with Crippen LogP contribution in [0.2, 0.25) is 0 Å². The van der Waals surface area contributed by atoms with Crippen LogP contribution in [0.1, 0.15) is 37.3 Å². The Morgan fingerprint density at radius 3 is 2.00 bits per heavy atom. The summed E-state index contributed by atoms with van der Waals surface area (Å²) >= 11 is 1.48. The minimum absolute atomic E-state index is 0.108. The lowest BCUT2D eigenvalue weighted by Gasteiger charge is -2.20. The highest BCUT2D eigenvalue weighted by Crippen LogP contribution is 2.40. The lowest BCUT2D eigenvalue weighted by atomic mass is 10.00. The van der Waals surface area contributed by atoms with Crippen LogP contribution >= 0.6 is 11.3 Å². The number of ether oxygens (including phenoxy) is 1. The molecule has 10 heteroatoms. The first-order chi connectivity index (χ1) is 20.0. The first-order valence-corrected chi connectivity index (χ1v) is 13.8. The molecule has 42 heavy (non-hydrogen) atoms. The third kappa shape index (κ3) is 5.99. The van der Waals surface area contributed by atoms with Gasteiger partial charge in [-0.3, -0.25) is 0 Å². The molecule has 5 aromatic rings. The van der Waals surface area contributed by atoms with Crippen molar-refractivity contribution in [1.29, 1.82) is 0 Å². The standard InChI is InChI=1S/C32H22F8OS/c1-2-3-4-5-17-6-7-19-14-29(42-28(19)10-17)18-8-9-22(23(33)11-18)20-12-24(34)30(25(35)13-20)32(39,40)41-21-15-26(36)31(38)27(37)16-21/h6-16H,2-5H2,1H3. The number of rotatable bonds is 9. The Morgan fingerprint density at radius 2 is 1.36 bits per heavy atom. The van der Waals surface area contributed by atoms with Gasteiger partial charge >= 0.3 is 6.11 Å². The molecule has 0 amide bonds. The second-order valence-electron chi connectivity index (χ2n) is 9.77. The van der Waals surface area contributed by atoms with Gasteiger partial charge in [-0.05, 0) is 65.3 Å². The number of hydrogen-bond donors (Lipinski definition) is 0. The smallest absolute Gasteiger partial charge is 0.429 e. The lowest BCUT2D eigenvalue weighted by molar-refractivity contribution is -0.189. The van der Waals surface area contributed by atoms with Crippen molar-refractivity contribution < 1.29 is 39.9 Å². The Morgan fingerprint density at radius 1 is 0.690 bits per heavy atom. The molecule has 0 saturated heterocycles. The second-order valence-corrected chi connectivity index (χ2v) is 10.9. The van der Waals surface area contributed by atoms with E-state index in [9.17, 15) is 30.7 Å². The van der Waals surface area contributed by atoms with Gasteiger partial charge in [0.1, 0.15) is 28.8 Å². The van der Waals surface area contributed by atoms with E-state index in [0.717, 1.165) is 40.6 Å². The van der Waals surface area contributed by atoms with Gasteiger partial charge in [-0.2, -0.15) is 8.78 Å². The first kappa shape index (κ1) is 29.6. The van der Waals surface area contributed by atoms with E-state index in [1.165, 1.54) is 29.0 Å². The summed E-state index contributed by atoms with van der Waals surface area (Å²) in [6.45, 7) is 2.14. The van der Waals surface area contributed by atoms with Crippen LogP contribution in [-0.2, 0) is 12.5 Å². The SMILES string of the molecule is CCCCCc1ccc2cc(-c3ccc(-c4cc(F)c(C(F)(F)Oc5cc(F)c(F)c(F)c5)c(F)c4)c(F)c3)sc2c1. The van der Waals surface area contributed by atoms with Crippen LogP contribution in [0, 0.1) is 34.9 Å². The van der Waals surface area contributed by atoms with Crippen LogP contribution in [-0.4, -0.2) is 0 Å². The maximum Gasteiger partial charge on any atom is 0.432 e. The van der Waals surface area contributed by atoms with Gasteiger partial charge in [-0.15, -0.1) is 11.3 Å². The number of unbranched alkanes of at least 4 members (excludes halogenated alkanes) is 2. The summed E-state index contributed by atoms with van der Waals surface area (Å²) < 4.78 is 119. The van der Waals surface area contributed by atoms with Crippen molar-refractivity contribution in [3.05, 3.63) is 113 Å². The molecule has 218 valence electrons. The van der Waals surface area contributed by atoms with Crippen LogP contribution in [0.3, 0.4) is 0 Å². The average Bonchev–Trinajstić information content (AvgIpc) is 3.34. The zero-order chi connectivity index (χ0) is 30.2. The van der Waals surface area contributed by atoms with Crippen LogP contribution < -0.4 is 4.74 Å². The molecule has 0 aliphatic rings. The quantitative estimate of drug-likeness (QED) is 0.0922. The van der Waals surface area contributed by atoms with Gasteiger partial charge in [0.05, 0.1) is 0 Å². The van der Waals surface area contributed by atoms with Crippen molar-refractivity contribution in [2.75, 3.05) is 0 Å². The predicted molar refractivity (Wildman–Crippen MR) is 147 cm³/mol. The van der Waals surface area contributed by atoms with Crippen molar-refractivity contribution in [1.82, 2.24) is 0 Å². The van der Waals surface area contributed by atoms with E-state index in [0.29, 0.717) is 17.7 Å². The van der Waals surface area contributed by atoms with Crippen LogP contribution in [0.25, 0.3) is 31.7 Å². The van der Waals surface area contributed by atoms with E-state index in [1.807, 2.05) is 12.1 Å². The lowest BCUT2D eigenvalue weighted by Crippen LogP contribution is -2.25. The summed E-state index contributed by atoms with van der Waals surface area (Å²) in [4.78, 5) is 0.777. The molecule has 5 rings (SSSR count). The van der Waals surface area contributed by atoms with Gasteiger partial charge in [0, 0.05) is 27.3 Å². The molecular formula is C32H22F8OS. The largest absolute Gasteiger partial charge is 0.432 e. The average molecular weight is 607 g/mol. The molecule has 1 nitrogen and oxygen atoms in total. The van der Waals surface area contributed by atoms with Crippen molar-refractivity contribution in [3.63, 3.8) is 0 Å². The molecular weight excluding hydrogens is 584 g/mol. The molecule has 1 heterocycles. The highest BCUT2D eigenvalue weighted by Gasteiger charge is 2.41. The molecule has 0 aliphatic heterocycles. The van der Waals surface area contributed by atoms with Crippen molar-refractivity contribution in [2.24, 2.45) is 0 Å². The monoisotopic (exact) mass is 606 g/mol. The van der Waals surface area contributed by atoms with Gasteiger partial charge in [0.25, 0.3) is 0 Å². The highest BCUT2D eigenvalue weighted by molar-refractivity contribution is 7.22. The molecule has 0 aliphatic carbocycles. The number of halogens is 8. The van der Waals surface area contributed by atoms with Gasteiger partial charge in [0.15, 0.2) is 17.5 Å². The molecule has 0 fully saturated rings. The summed E-state index contributed by atoms with van der Waals surface area (Å²) in [6, 6.07) is 13.4. The third-order valence-corrected chi connectivity index (χ3v) is 7.90. The molecule has 4 aromatic carbocycles. The topological polar surface area (TPSA) is 9.23 Å². The van der Waals surface area contributed by atoms with E-state index in [4.69, 9.17) is 0 Å². The summed E-state index contributed by atoms with van der Waals surface area (Å²) in [5.74, 6) is -11.2. The number of aryl methyl sites for hydroxylation is 1. The Kier molecular flexibility index (Phi) is 8.28. The maximum absolute atomic E-state index is 15.2. The minimum atomic E-state index is -4.75. The van der Waals surface area contributed by atoms with Crippen LogP contribution in [0.15, 0.2) is 66.7 Å². The molecule has 0 N–H and O–H groups in total. The highest BCUT2D eigenvalue weighted by atomic mass is 32.1. The molecule has 0 bridgehead atoms. The fraction of sp³-hybridized carbons (Fsp3) is 0.188. The molecule has 0 saturated carbocycles. The van der Waals surface area contributed by atoms with Gasteiger partial charge < -0.3 is 4.74 Å². The maximum atomic E-state index is 15.2. The van der Waals surface area contributed by atoms with Gasteiger partial charge in [0.2, 0.25) is 0 Å². The van der Waals surface area contributed by atoms with E-state index >= 15 is 4.39 Å². The van der Waals surface area contributed by atoms with E-state index < -0.39 is 52.3 Å². The fourth-order valence-corrected chi connectivity index (χ4v) is 5.77. The normalized spacial score (nSPS) is 11.8. The Balaban J connectivity index is 1.41. The van der Waals surface area contributed by atoms with Crippen molar-refractivity contribution in [2.45, 2.75) is 38.7 Å². The summed E-state index contributed by atoms with van der Waals surface area (Å²) in [5.41, 5.74) is -0.727. The molecule has 0 atom stereocenters. The first-order valence-electron chi connectivity index (χ1n) is 13.0. The number of benzene rings is 4. The Bertz CT molecular complexity index is 1730. The fourth-order valence-electron chi connectivity index (χ4n) is 4.65. The zero-order valence-corrected chi connectivity index (χ0v) is 22.8. The number of thiophene rings is 1. The Labute approximate surface area is 240 Å². The molecule has 1 aromatic heterocycles. The number of hydrogen-bond acceptors (Lipinski definition) is 2. The van der Waals surface area contributed by atoms with E-state index in [1.54, 1.807) is 6.07 Å². The molecule has 0 radical (unpaired) electrons.